The first-order chi connectivity index (χ1) is 30.9. The van der Waals surface area contributed by atoms with Gasteiger partial charge in [0.25, 0.3) is 18.2 Å². The number of nitrogens with zero attached hydrogens (tertiary/aromatic N) is 9. The molecule has 19 heteroatoms. The van der Waals surface area contributed by atoms with Gasteiger partial charge in [0.2, 0.25) is 5.91 Å². The van der Waals surface area contributed by atoms with Crippen LogP contribution < -0.4 is 20.4 Å². The maximum atomic E-state index is 14.4. The van der Waals surface area contributed by atoms with Crippen LogP contribution in [0.2, 0.25) is 5.02 Å². The summed E-state index contributed by atoms with van der Waals surface area (Å²) < 4.78 is 31.8. The molecule has 4 aliphatic heterocycles. The fraction of sp³-hybridized carbons (Fsp3) is 0.556. The van der Waals surface area contributed by atoms with Crippen LogP contribution >= 0.6 is 11.6 Å². The first-order valence-electron chi connectivity index (χ1n) is 22.6. The van der Waals surface area contributed by atoms with Gasteiger partial charge < -0.3 is 20.0 Å². The van der Waals surface area contributed by atoms with Gasteiger partial charge >= 0.3 is 6.03 Å². The number of likely N-dealkylation sites (tertiary alicyclic amines) is 2. The van der Waals surface area contributed by atoms with Gasteiger partial charge in [-0.15, -0.1) is 0 Å². The van der Waals surface area contributed by atoms with E-state index in [2.05, 4.69) is 30.6 Å². The summed E-state index contributed by atoms with van der Waals surface area (Å²) in [6.07, 6.45) is 11.2. The van der Waals surface area contributed by atoms with E-state index in [9.17, 15) is 32.8 Å². The molecule has 2 N–H and O–H groups in total. The van der Waals surface area contributed by atoms with E-state index in [0.717, 1.165) is 83.8 Å². The van der Waals surface area contributed by atoms with E-state index in [0.29, 0.717) is 65.6 Å². The Kier molecular flexibility index (Phi) is 11.4. The summed E-state index contributed by atoms with van der Waals surface area (Å²) in [6, 6.07) is 6.18. The highest BCUT2D eigenvalue weighted by atomic mass is 35.5. The Balaban J connectivity index is 0.702. The lowest BCUT2D eigenvalue weighted by Crippen LogP contribution is -2.50. The van der Waals surface area contributed by atoms with Gasteiger partial charge in [-0.3, -0.25) is 34.1 Å². The van der Waals surface area contributed by atoms with Crippen LogP contribution in [0.5, 0.6) is 0 Å². The molecule has 16 nitrogen and oxygen atoms in total. The molecular weight excluding hydrogens is 848 g/mol. The first-order valence-corrected chi connectivity index (χ1v) is 23.0. The van der Waals surface area contributed by atoms with Crippen molar-refractivity contribution >= 4 is 64.0 Å². The summed E-state index contributed by atoms with van der Waals surface area (Å²) in [4.78, 5) is 76.5. The Hall–Kier alpha value is -5.49. The monoisotopic (exact) mass is 899 g/mol. The van der Waals surface area contributed by atoms with Gasteiger partial charge in [0, 0.05) is 75.5 Å². The number of hydrogen-bond acceptors (Lipinski definition) is 10. The van der Waals surface area contributed by atoms with Gasteiger partial charge in [0.1, 0.15) is 17.2 Å². The van der Waals surface area contributed by atoms with Gasteiger partial charge in [-0.05, 0) is 113 Å². The number of carbonyl (C=O) groups excluding carboxylic acids is 5. The maximum absolute atomic E-state index is 14.4. The standard InChI is InChI=1S/C45H52ClF2N11O5/c46-33-8-5-28(21-35(33)57-15-10-37(60)52-44(57)64)43(63)55-19-13-45(14-20-55)11-17-54(18-12-45)23-27-1-6-31(7-2-27)59-26-34(38(53-59)40(47)48)50-42(62)32-22-49-58-16-9-36(51-41(32)58)56-24-29-3-4-30(25-56)39(29)61/h5,8-9,16,21-22,26-27,29-31,40H,1-4,6-7,10-15,17-20,23-25H2,(H,50,62)(H,52,60,64). The van der Waals surface area contributed by atoms with E-state index < -0.39 is 24.1 Å². The van der Waals surface area contributed by atoms with Crippen LogP contribution in [0.15, 0.2) is 42.9 Å². The number of benzene rings is 1. The summed E-state index contributed by atoms with van der Waals surface area (Å²) in [5.41, 5.74) is 1.06. The van der Waals surface area contributed by atoms with Crippen LogP contribution in [-0.2, 0) is 9.59 Å². The van der Waals surface area contributed by atoms with Crippen molar-refractivity contribution in [3.63, 3.8) is 0 Å². The Labute approximate surface area is 373 Å². The van der Waals surface area contributed by atoms with Crippen molar-refractivity contribution in [3.05, 3.63) is 64.7 Å². The fourth-order valence-electron chi connectivity index (χ4n) is 11.1. The molecule has 5 amide bonds. The number of urea groups is 1. The number of anilines is 3. The van der Waals surface area contributed by atoms with Crippen LogP contribution in [0, 0.1) is 23.2 Å². The molecule has 4 saturated heterocycles. The summed E-state index contributed by atoms with van der Waals surface area (Å²) >= 11 is 6.42. The molecule has 2 bridgehead atoms. The van der Waals surface area contributed by atoms with Crippen molar-refractivity contribution in [3.8, 4) is 0 Å². The molecule has 2 atom stereocenters. The Morgan fingerprint density at radius 3 is 2.34 bits per heavy atom. The van der Waals surface area contributed by atoms with Crippen molar-refractivity contribution in [2.75, 3.05) is 67.5 Å². The fourth-order valence-corrected chi connectivity index (χ4v) is 11.3. The van der Waals surface area contributed by atoms with Crippen molar-refractivity contribution < 1.29 is 32.8 Å². The van der Waals surface area contributed by atoms with Crippen molar-refractivity contribution in [1.82, 2.24) is 39.5 Å². The average molecular weight is 900 g/mol. The van der Waals surface area contributed by atoms with E-state index in [1.807, 2.05) is 11.0 Å². The molecule has 4 aromatic rings. The van der Waals surface area contributed by atoms with Gasteiger partial charge in [0.05, 0.1) is 28.6 Å². The number of halogens is 3. The van der Waals surface area contributed by atoms with Crippen LogP contribution in [0.1, 0.15) is 110 Å². The van der Waals surface area contributed by atoms with E-state index in [-0.39, 0.29) is 59.3 Å². The molecule has 6 fully saturated rings. The third kappa shape index (κ3) is 8.22. The SMILES string of the molecule is O=C1CCN(c2cc(C(=O)N3CCC4(CCN(CC5CCC(n6cc(NC(=O)c7cnn8ccc(N9CC%10CCC(C9)C%10=O)nc78)c(C(F)F)n6)CC5)CC4)CC3)ccc2Cl)C(=O)N1. The quantitative estimate of drug-likeness (QED) is 0.192. The summed E-state index contributed by atoms with van der Waals surface area (Å²) in [7, 11) is 0. The third-order valence-electron chi connectivity index (χ3n) is 15.0. The number of carbonyl (C=O) groups is 5. The summed E-state index contributed by atoms with van der Waals surface area (Å²) in [6.45, 7) is 5.68. The van der Waals surface area contributed by atoms with Crippen LogP contribution in [0.4, 0.5) is 30.8 Å². The number of piperidine rings is 3. The molecule has 0 radical (unpaired) electrons. The Morgan fingerprint density at radius 1 is 0.922 bits per heavy atom. The number of ketones is 1. The summed E-state index contributed by atoms with van der Waals surface area (Å²) in [5, 5.41) is 13.9. The van der Waals surface area contributed by atoms with Crippen LogP contribution in [-0.4, -0.2) is 116 Å². The lowest BCUT2D eigenvalue weighted by Gasteiger charge is -2.47. The van der Waals surface area contributed by atoms with Gasteiger partial charge in [0.15, 0.2) is 11.3 Å². The van der Waals surface area contributed by atoms with Gasteiger partial charge in [-0.1, -0.05) is 11.6 Å². The highest BCUT2D eigenvalue weighted by Gasteiger charge is 2.42. The van der Waals surface area contributed by atoms with Crippen LogP contribution in [0.3, 0.4) is 0 Å². The van der Waals surface area contributed by atoms with E-state index in [1.165, 1.54) is 21.8 Å². The normalized spacial score (nSPS) is 25.1. The van der Waals surface area contributed by atoms with E-state index in [1.54, 1.807) is 29.1 Å². The van der Waals surface area contributed by atoms with E-state index >= 15 is 0 Å². The Morgan fingerprint density at radius 2 is 1.64 bits per heavy atom. The van der Waals surface area contributed by atoms with Crippen molar-refractivity contribution in [2.24, 2.45) is 23.2 Å². The van der Waals surface area contributed by atoms with Gasteiger partial charge in [-0.2, -0.15) is 10.2 Å². The Bertz CT molecular complexity index is 2470. The van der Waals surface area contributed by atoms with Gasteiger partial charge in [-0.25, -0.2) is 23.1 Å². The number of hydrogen-bond donors (Lipinski definition) is 2. The molecule has 1 aromatic carbocycles. The molecule has 338 valence electrons. The molecule has 6 aliphatic rings. The number of rotatable bonds is 9. The highest BCUT2D eigenvalue weighted by Crippen LogP contribution is 2.43. The third-order valence-corrected chi connectivity index (χ3v) is 15.3. The van der Waals surface area contributed by atoms with Crippen molar-refractivity contribution in [2.45, 2.75) is 83.1 Å². The average Bonchev–Trinajstić information content (AvgIpc) is 3.97. The second kappa shape index (κ2) is 17.1. The second-order valence-corrected chi connectivity index (χ2v) is 19.1. The molecule has 10 rings (SSSR count). The van der Waals surface area contributed by atoms with Crippen molar-refractivity contribution in [1.29, 1.82) is 0 Å². The number of aromatic nitrogens is 5. The smallest absolute Gasteiger partial charge is 0.328 e. The molecule has 2 aliphatic carbocycles. The highest BCUT2D eigenvalue weighted by molar-refractivity contribution is 6.34. The predicted molar refractivity (Wildman–Crippen MR) is 233 cm³/mol. The zero-order valence-corrected chi connectivity index (χ0v) is 36.3. The number of Topliss-reactive ketones (excluding diaryl/α,β-unsaturated/α-hetero) is 1. The minimum atomic E-state index is -2.88. The number of amides is 5. The zero-order chi connectivity index (χ0) is 44.3. The molecule has 64 heavy (non-hydrogen) atoms. The molecule has 3 aromatic heterocycles. The minimum absolute atomic E-state index is 0.00107. The van der Waals surface area contributed by atoms with E-state index in [4.69, 9.17) is 16.6 Å². The lowest BCUT2D eigenvalue weighted by molar-refractivity contribution is -0.124. The predicted octanol–water partition coefficient (Wildman–Crippen LogP) is 6.38. The molecule has 7 heterocycles. The molecule has 2 saturated carbocycles. The minimum Gasteiger partial charge on any atom is -0.355 e. The number of nitrogens with one attached hydrogen (secondary N) is 2. The number of alkyl halides is 2. The second-order valence-electron chi connectivity index (χ2n) is 18.7. The maximum Gasteiger partial charge on any atom is 0.328 e. The number of imide groups is 1. The number of fused-ring (bicyclic) bond motifs is 3. The molecular formula is C45H52ClF2N11O5. The van der Waals surface area contributed by atoms with Crippen LogP contribution in [0.25, 0.3) is 5.65 Å². The summed E-state index contributed by atoms with van der Waals surface area (Å²) in [5.74, 6) is 0.438. The largest absolute Gasteiger partial charge is 0.355 e. The lowest BCUT2D eigenvalue weighted by atomic mass is 9.71. The molecule has 2 unspecified atom stereocenters. The zero-order valence-electron chi connectivity index (χ0n) is 35.6. The first kappa shape index (κ1) is 42.5. The topological polar surface area (TPSA) is 170 Å². The molecule has 1 spiro atoms.